The Labute approximate surface area is 93.3 Å². The van der Waals surface area contributed by atoms with Gasteiger partial charge < -0.3 is 19.5 Å². The van der Waals surface area contributed by atoms with Crippen LogP contribution in [-0.2, 0) is 14.2 Å². The number of ether oxygens (including phenoxy) is 3. The molecule has 0 saturated heterocycles. The third-order valence-electron chi connectivity index (χ3n) is 1.96. The fourth-order valence-electron chi connectivity index (χ4n) is 1.23. The summed E-state index contributed by atoms with van der Waals surface area (Å²) in [7, 11) is 3.60. The molecule has 0 unspecified atom stereocenters. The molecule has 0 aromatic rings. The summed E-state index contributed by atoms with van der Waals surface area (Å²) in [5.74, 6) is 0. The lowest BCUT2D eigenvalue weighted by Crippen LogP contribution is -2.36. The second kappa shape index (κ2) is 9.09. The normalized spacial score (nSPS) is 12.0. The molecule has 4 nitrogen and oxygen atoms in total. The Morgan fingerprint density at radius 3 is 2.40 bits per heavy atom. The van der Waals surface area contributed by atoms with Crippen LogP contribution in [0.3, 0.4) is 0 Å². The Morgan fingerprint density at radius 1 is 1.07 bits per heavy atom. The fraction of sp³-hybridized carbons (Fsp3) is 1.00. The topological polar surface area (TPSA) is 39.7 Å². The van der Waals surface area contributed by atoms with Gasteiger partial charge in [-0.2, -0.15) is 0 Å². The molecule has 1 N–H and O–H groups in total. The maximum atomic E-state index is 5.70. The molecule has 0 amide bonds. The third kappa shape index (κ3) is 10.1. The predicted molar refractivity (Wildman–Crippen MR) is 61.3 cm³/mol. The number of likely N-dealkylation sites (N-methyl/N-ethyl adjacent to an activating group) is 1. The lowest BCUT2D eigenvalue weighted by Gasteiger charge is -2.24. The SMILES string of the molecule is CNCC(C)(C)OCCCOCCOC. The van der Waals surface area contributed by atoms with Gasteiger partial charge in [-0.05, 0) is 27.3 Å². The summed E-state index contributed by atoms with van der Waals surface area (Å²) in [4.78, 5) is 0. The number of methoxy groups -OCH3 is 1. The summed E-state index contributed by atoms with van der Waals surface area (Å²) < 4.78 is 15.9. The number of nitrogens with one attached hydrogen (secondary N) is 1. The van der Waals surface area contributed by atoms with Crippen molar-refractivity contribution in [2.45, 2.75) is 25.9 Å². The predicted octanol–water partition coefficient (Wildman–Crippen LogP) is 1.05. The van der Waals surface area contributed by atoms with E-state index in [9.17, 15) is 0 Å². The molecule has 0 saturated carbocycles. The summed E-state index contributed by atoms with van der Waals surface area (Å²) >= 11 is 0. The van der Waals surface area contributed by atoms with Crippen molar-refractivity contribution in [3.63, 3.8) is 0 Å². The van der Waals surface area contributed by atoms with Crippen LogP contribution in [-0.4, -0.2) is 52.7 Å². The Hall–Kier alpha value is -0.160. The van der Waals surface area contributed by atoms with Crippen molar-refractivity contribution in [2.75, 3.05) is 47.1 Å². The molecule has 0 atom stereocenters. The van der Waals surface area contributed by atoms with Gasteiger partial charge in [0, 0.05) is 26.9 Å². The molecule has 0 aromatic carbocycles. The van der Waals surface area contributed by atoms with Crippen LogP contribution in [0.15, 0.2) is 0 Å². The first kappa shape index (κ1) is 14.8. The summed E-state index contributed by atoms with van der Waals surface area (Å²) in [6, 6.07) is 0. The lowest BCUT2D eigenvalue weighted by molar-refractivity contribution is -0.0268. The Morgan fingerprint density at radius 2 is 1.80 bits per heavy atom. The van der Waals surface area contributed by atoms with E-state index < -0.39 is 0 Å². The van der Waals surface area contributed by atoms with Crippen molar-refractivity contribution in [3.8, 4) is 0 Å². The van der Waals surface area contributed by atoms with Gasteiger partial charge >= 0.3 is 0 Å². The van der Waals surface area contributed by atoms with Gasteiger partial charge in [-0.25, -0.2) is 0 Å². The number of hydrogen-bond acceptors (Lipinski definition) is 4. The summed E-state index contributed by atoms with van der Waals surface area (Å²) in [5, 5.41) is 3.10. The molecule has 0 aliphatic carbocycles. The first-order chi connectivity index (χ1) is 7.12. The van der Waals surface area contributed by atoms with Crippen LogP contribution in [0, 0.1) is 0 Å². The highest BCUT2D eigenvalue weighted by Gasteiger charge is 2.16. The highest BCUT2D eigenvalue weighted by molar-refractivity contribution is 4.70. The van der Waals surface area contributed by atoms with Crippen LogP contribution in [0.25, 0.3) is 0 Å². The highest BCUT2D eigenvalue weighted by Crippen LogP contribution is 2.07. The smallest absolute Gasteiger partial charge is 0.0750 e. The molecule has 0 spiro atoms. The van der Waals surface area contributed by atoms with Crippen molar-refractivity contribution in [1.29, 1.82) is 0 Å². The molecule has 0 radical (unpaired) electrons. The Kier molecular flexibility index (Phi) is 9.00. The standard InChI is InChI=1S/C11H25NO3/c1-11(2,10-12-3)15-7-5-6-14-9-8-13-4/h12H,5-10H2,1-4H3. The van der Waals surface area contributed by atoms with Crippen molar-refractivity contribution in [1.82, 2.24) is 5.32 Å². The van der Waals surface area contributed by atoms with Gasteiger partial charge in [0.25, 0.3) is 0 Å². The van der Waals surface area contributed by atoms with Crippen LogP contribution in [0.1, 0.15) is 20.3 Å². The van der Waals surface area contributed by atoms with Crippen molar-refractivity contribution in [2.24, 2.45) is 0 Å². The first-order valence-corrected chi connectivity index (χ1v) is 5.47. The third-order valence-corrected chi connectivity index (χ3v) is 1.96. The fourth-order valence-corrected chi connectivity index (χ4v) is 1.23. The van der Waals surface area contributed by atoms with Gasteiger partial charge in [-0.3, -0.25) is 0 Å². The molecule has 4 heteroatoms. The van der Waals surface area contributed by atoms with Gasteiger partial charge in [-0.1, -0.05) is 0 Å². The first-order valence-electron chi connectivity index (χ1n) is 5.47. The molecule has 0 aliphatic heterocycles. The maximum Gasteiger partial charge on any atom is 0.0750 e. The van der Waals surface area contributed by atoms with E-state index in [1.165, 1.54) is 0 Å². The second-order valence-corrected chi connectivity index (χ2v) is 4.10. The average Bonchev–Trinajstić information content (AvgIpc) is 2.16. The molecule has 92 valence electrons. The van der Waals surface area contributed by atoms with E-state index in [-0.39, 0.29) is 5.60 Å². The van der Waals surface area contributed by atoms with E-state index in [0.717, 1.165) is 26.2 Å². The molecule has 0 heterocycles. The van der Waals surface area contributed by atoms with Gasteiger partial charge in [0.15, 0.2) is 0 Å². The van der Waals surface area contributed by atoms with Crippen LogP contribution in [0.5, 0.6) is 0 Å². The minimum atomic E-state index is -0.0960. The van der Waals surface area contributed by atoms with Crippen molar-refractivity contribution >= 4 is 0 Å². The molecule has 0 aromatic heterocycles. The molecule has 0 aliphatic rings. The summed E-state index contributed by atoms with van der Waals surface area (Å²) in [6.45, 7) is 7.81. The zero-order chi connectivity index (χ0) is 11.6. The van der Waals surface area contributed by atoms with E-state index in [4.69, 9.17) is 14.2 Å². The van der Waals surface area contributed by atoms with Crippen LogP contribution < -0.4 is 5.32 Å². The minimum Gasteiger partial charge on any atom is -0.382 e. The Bertz CT molecular complexity index is 140. The monoisotopic (exact) mass is 219 g/mol. The average molecular weight is 219 g/mol. The minimum absolute atomic E-state index is 0.0960. The van der Waals surface area contributed by atoms with E-state index in [1.807, 2.05) is 7.05 Å². The molecule has 0 fully saturated rings. The summed E-state index contributed by atoms with van der Waals surface area (Å²) in [6.07, 6.45) is 0.927. The Balaban J connectivity index is 3.22. The van der Waals surface area contributed by atoms with E-state index in [0.29, 0.717) is 13.2 Å². The second-order valence-electron chi connectivity index (χ2n) is 4.10. The molecule has 0 rings (SSSR count). The van der Waals surface area contributed by atoms with Gasteiger partial charge in [0.2, 0.25) is 0 Å². The van der Waals surface area contributed by atoms with E-state index in [2.05, 4.69) is 19.2 Å². The number of hydrogen-bond donors (Lipinski definition) is 1. The van der Waals surface area contributed by atoms with Crippen LogP contribution >= 0.6 is 0 Å². The molecular formula is C11H25NO3. The maximum absolute atomic E-state index is 5.70. The van der Waals surface area contributed by atoms with E-state index in [1.54, 1.807) is 7.11 Å². The van der Waals surface area contributed by atoms with Gasteiger partial charge in [-0.15, -0.1) is 0 Å². The lowest BCUT2D eigenvalue weighted by atomic mass is 10.1. The number of rotatable bonds is 10. The van der Waals surface area contributed by atoms with E-state index >= 15 is 0 Å². The summed E-state index contributed by atoms with van der Waals surface area (Å²) in [5.41, 5.74) is -0.0960. The molecule has 0 bridgehead atoms. The van der Waals surface area contributed by atoms with Crippen molar-refractivity contribution in [3.05, 3.63) is 0 Å². The quantitative estimate of drug-likeness (QED) is 0.558. The van der Waals surface area contributed by atoms with Crippen LogP contribution in [0.2, 0.25) is 0 Å². The van der Waals surface area contributed by atoms with Crippen molar-refractivity contribution < 1.29 is 14.2 Å². The molecule has 15 heavy (non-hydrogen) atoms. The zero-order valence-corrected chi connectivity index (χ0v) is 10.5. The zero-order valence-electron chi connectivity index (χ0n) is 10.5. The van der Waals surface area contributed by atoms with Gasteiger partial charge in [0.05, 0.1) is 18.8 Å². The molecular weight excluding hydrogens is 194 g/mol. The highest BCUT2D eigenvalue weighted by atomic mass is 16.5. The van der Waals surface area contributed by atoms with Crippen LogP contribution in [0.4, 0.5) is 0 Å². The van der Waals surface area contributed by atoms with Gasteiger partial charge in [0.1, 0.15) is 0 Å². The largest absolute Gasteiger partial charge is 0.382 e.